The first-order valence-electron chi connectivity index (χ1n) is 8.02. The molecular weight excluding hydrogens is 294 g/mol. The Balaban J connectivity index is 2.10. The van der Waals surface area contributed by atoms with Crippen LogP contribution in [0.3, 0.4) is 0 Å². The Morgan fingerprint density at radius 3 is 2.52 bits per heavy atom. The summed E-state index contributed by atoms with van der Waals surface area (Å²) >= 11 is 0. The molecule has 126 valence electrons. The molecule has 0 radical (unpaired) electrons. The molecule has 1 aliphatic rings. The van der Waals surface area contributed by atoms with Gasteiger partial charge in [-0.15, -0.1) is 0 Å². The van der Waals surface area contributed by atoms with E-state index in [9.17, 15) is 9.59 Å². The normalized spacial score (nSPS) is 15.7. The van der Waals surface area contributed by atoms with Gasteiger partial charge in [0.25, 0.3) is 0 Å². The van der Waals surface area contributed by atoms with Crippen LogP contribution in [-0.2, 0) is 9.59 Å². The summed E-state index contributed by atoms with van der Waals surface area (Å²) in [5.74, 6) is 0.590. The summed E-state index contributed by atoms with van der Waals surface area (Å²) in [6.45, 7) is 4.96. The van der Waals surface area contributed by atoms with Gasteiger partial charge in [0.15, 0.2) is 0 Å². The van der Waals surface area contributed by atoms with E-state index in [4.69, 9.17) is 4.74 Å². The molecule has 0 aromatic heterocycles. The van der Waals surface area contributed by atoms with E-state index in [1.165, 1.54) is 13.3 Å². The number of nitrogens with zero attached hydrogens (tertiary/aromatic N) is 1. The zero-order valence-corrected chi connectivity index (χ0v) is 14.0. The van der Waals surface area contributed by atoms with Crippen molar-refractivity contribution in [3.8, 4) is 5.75 Å². The lowest BCUT2D eigenvalue weighted by molar-refractivity contribution is -0.132. The number of benzene rings is 1. The van der Waals surface area contributed by atoms with Gasteiger partial charge in [-0.2, -0.15) is 0 Å². The summed E-state index contributed by atoms with van der Waals surface area (Å²) in [5.41, 5.74) is 1.36. The number of amides is 2. The number of piperidine rings is 1. The average Bonchev–Trinajstić information content (AvgIpc) is 2.54. The van der Waals surface area contributed by atoms with E-state index < -0.39 is 0 Å². The molecule has 0 spiro atoms. The molecule has 0 saturated carbocycles. The minimum Gasteiger partial charge on any atom is -0.495 e. The van der Waals surface area contributed by atoms with Gasteiger partial charge < -0.3 is 20.3 Å². The minimum atomic E-state index is -0.352. The second kappa shape index (κ2) is 7.85. The van der Waals surface area contributed by atoms with E-state index in [1.807, 2.05) is 11.8 Å². The summed E-state index contributed by atoms with van der Waals surface area (Å²) in [4.78, 5) is 25.6. The maximum Gasteiger partial charge on any atom is 0.244 e. The summed E-state index contributed by atoms with van der Waals surface area (Å²) in [7, 11) is 1.58. The molecule has 1 heterocycles. The zero-order chi connectivity index (χ0) is 16.8. The summed E-state index contributed by atoms with van der Waals surface area (Å²) < 4.78 is 5.33. The molecule has 0 bridgehead atoms. The fourth-order valence-electron chi connectivity index (χ4n) is 2.78. The number of hydrogen-bond donors (Lipinski definition) is 2. The molecule has 1 unspecified atom stereocenters. The first-order chi connectivity index (χ1) is 11.0. The van der Waals surface area contributed by atoms with Crippen LogP contribution in [-0.4, -0.2) is 43.0 Å². The molecule has 2 rings (SSSR count). The van der Waals surface area contributed by atoms with Gasteiger partial charge >= 0.3 is 0 Å². The van der Waals surface area contributed by atoms with Gasteiger partial charge in [0.05, 0.1) is 12.8 Å². The monoisotopic (exact) mass is 319 g/mol. The van der Waals surface area contributed by atoms with Crippen LogP contribution in [0.5, 0.6) is 5.75 Å². The Labute approximate surface area is 137 Å². The van der Waals surface area contributed by atoms with Crippen molar-refractivity contribution in [3.05, 3.63) is 18.2 Å². The molecule has 1 aliphatic heterocycles. The minimum absolute atomic E-state index is 0.0942. The van der Waals surface area contributed by atoms with Crippen LogP contribution < -0.4 is 15.4 Å². The number of hydrogen-bond acceptors (Lipinski definition) is 4. The Kier molecular flexibility index (Phi) is 5.84. The number of rotatable bonds is 5. The van der Waals surface area contributed by atoms with E-state index in [1.54, 1.807) is 25.3 Å². The second-order valence-corrected chi connectivity index (χ2v) is 5.85. The molecule has 2 N–H and O–H groups in total. The average molecular weight is 319 g/mol. The molecule has 6 heteroatoms. The van der Waals surface area contributed by atoms with Crippen molar-refractivity contribution in [1.29, 1.82) is 0 Å². The largest absolute Gasteiger partial charge is 0.495 e. The van der Waals surface area contributed by atoms with Crippen molar-refractivity contribution < 1.29 is 14.3 Å². The van der Waals surface area contributed by atoms with E-state index in [-0.39, 0.29) is 17.9 Å². The molecule has 1 atom stereocenters. The van der Waals surface area contributed by atoms with Crippen LogP contribution in [0.25, 0.3) is 0 Å². The van der Waals surface area contributed by atoms with E-state index in [0.717, 1.165) is 25.9 Å². The number of ether oxygens (including phenoxy) is 1. The fraction of sp³-hybridized carbons (Fsp3) is 0.529. The van der Waals surface area contributed by atoms with Crippen molar-refractivity contribution in [2.75, 3.05) is 30.8 Å². The maximum absolute atomic E-state index is 12.5. The maximum atomic E-state index is 12.5. The van der Waals surface area contributed by atoms with E-state index in [2.05, 4.69) is 10.6 Å². The Hall–Kier alpha value is -2.24. The SMILES string of the molecule is COc1ccc(NC(C)=O)cc1NC(C)C(=O)N1CCCCC1. The van der Waals surface area contributed by atoms with Gasteiger partial charge in [0, 0.05) is 25.7 Å². The standard InChI is InChI=1S/C17H25N3O3/c1-12(17(22)20-9-5-4-6-10-20)18-15-11-14(19-13(2)21)7-8-16(15)23-3/h7-8,11-12,18H,4-6,9-10H2,1-3H3,(H,19,21). The number of methoxy groups -OCH3 is 1. The fourth-order valence-corrected chi connectivity index (χ4v) is 2.78. The number of carbonyl (C=O) groups is 2. The van der Waals surface area contributed by atoms with Crippen LogP contribution in [0.4, 0.5) is 11.4 Å². The summed E-state index contributed by atoms with van der Waals surface area (Å²) in [5, 5.41) is 5.94. The quantitative estimate of drug-likeness (QED) is 0.874. The molecule has 1 fully saturated rings. The van der Waals surface area contributed by atoms with Crippen molar-refractivity contribution in [2.45, 2.75) is 39.2 Å². The first kappa shape index (κ1) is 17.1. The second-order valence-electron chi connectivity index (χ2n) is 5.85. The van der Waals surface area contributed by atoms with Crippen molar-refractivity contribution in [2.24, 2.45) is 0 Å². The highest BCUT2D eigenvalue weighted by molar-refractivity contribution is 5.90. The molecule has 0 aliphatic carbocycles. The van der Waals surface area contributed by atoms with Crippen molar-refractivity contribution >= 4 is 23.2 Å². The van der Waals surface area contributed by atoms with Gasteiger partial charge in [-0.3, -0.25) is 9.59 Å². The van der Waals surface area contributed by atoms with Crippen molar-refractivity contribution in [1.82, 2.24) is 4.90 Å². The number of nitrogens with one attached hydrogen (secondary N) is 2. The van der Waals surface area contributed by atoms with Crippen LogP contribution in [0.2, 0.25) is 0 Å². The van der Waals surface area contributed by atoms with E-state index >= 15 is 0 Å². The Morgan fingerprint density at radius 1 is 1.22 bits per heavy atom. The Morgan fingerprint density at radius 2 is 1.91 bits per heavy atom. The lowest BCUT2D eigenvalue weighted by atomic mass is 10.1. The molecule has 6 nitrogen and oxygen atoms in total. The van der Waals surface area contributed by atoms with Gasteiger partial charge in [-0.1, -0.05) is 0 Å². The first-order valence-corrected chi connectivity index (χ1v) is 8.02. The third-order valence-corrected chi connectivity index (χ3v) is 3.93. The highest BCUT2D eigenvalue weighted by Crippen LogP contribution is 2.28. The molecule has 2 amide bonds. The van der Waals surface area contributed by atoms with Crippen LogP contribution in [0.15, 0.2) is 18.2 Å². The van der Waals surface area contributed by atoms with Gasteiger partial charge in [-0.25, -0.2) is 0 Å². The molecule has 1 saturated heterocycles. The zero-order valence-electron chi connectivity index (χ0n) is 14.0. The Bertz CT molecular complexity index is 568. The van der Waals surface area contributed by atoms with Crippen LogP contribution in [0, 0.1) is 0 Å². The van der Waals surface area contributed by atoms with E-state index in [0.29, 0.717) is 17.1 Å². The third kappa shape index (κ3) is 4.61. The lowest BCUT2D eigenvalue weighted by Crippen LogP contribution is -2.43. The number of anilines is 2. The highest BCUT2D eigenvalue weighted by atomic mass is 16.5. The van der Waals surface area contributed by atoms with Crippen LogP contribution >= 0.6 is 0 Å². The lowest BCUT2D eigenvalue weighted by Gasteiger charge is -2.30. The predicted octanol–water partition coefficient (Wildman–Crippen LogP) is 2.47. The molecule has 1 aromatic rings. The van der Waals surface area contributed by atoms with Gasteiger partial charge in [-0.05, 0) is 44.4 Å². The smallest absolute Gasteiger partial charge is 0.244 e. The molecule has 23 heavy (non-hydrogen) atoms. The van der Waals surface area contributed by atoms with Crippen LogP contribution in [0.1, 0.15) is 33.1 Å². The molecule has 1 aromatic carbocycles. The third-order valence-electron chi connectivity index (χ3n) is 3.93. The highest BCUT2D eigenvalue weighted by Gasteiger charge is 2.22. The number of carbonyl (C=O) groups excluding carboxylic acids is 2. The molecular formula is C17H25N3O3. The summed E-state index contributed by atoms with van der Waals surface area (Å²) in [6, 6.07) is 4.96. The topological polar surface area (TPSA) is 70.7 Å². The predicted molar refractivity (Wildman–Crippen MR) is 90.8 cm³/mol. The van der Waals surface area contributed by atoms with Gasteiger partial charge in [0.2, 0.25) is 11.8 Å². The van der Waals surface area contributed by atoms with Gasteiger partial charge in [0.1, 0.15) is 11.8 Å². The summed E-state index contributed by atoms with van der Waals surface area (Å²) in [6.07, 6.45) is 3.33. The number of likely N-dealkylation sites (tertiary alicyclic amines) is 1. The van der Waals surface area contributed by atoms with Crippen molar-refractivity contribution in [3.63, 3.8) is 0 Å².